The largest absolute Gasteiger partial charge is 0.362 e. The Hall–Kier alpha value is -5.16. The number of carbonyl (C=O) groups excluding carboxylic acids is 4. The van der Waals surface area contributed by atoms with E-state index in [0.717, 1.165) is 0 Å². The molecule has 0 aliphatic carbocycles. The van der Waals surface area contributed by atoms with Crippen LogP contribution in [0.5, 0.6) is 0 Å². The van der Waals surface area contributed by atoms with Crippen molar-refractivity contribution in [3.8, 4) is 0 Å². The van der Waals surface area contributed by atoms with Crippen LogP contribution in [0.4, 0.5) is 0 Å². The highest BCUT2D eigenvalue weighted by Gasteiger charge is 2.41. The number of nitrogens with zero attached hydrogens (tertiary/aromatic N) is 4. The second-order valence-electron chi connectivity index (χ2n) is 15.0. The summed E-state index contributed by atoms with van der Waals surface area (Å²) < 4.78 is 12.3. The molecule has 1 fully saturated rings. The molecule has 3 heterocycles. The number of nitrogens with one attached hydrogen (secondary N) is 6. The normalized spacial score (nSPS) is 22.1. The summed E-state index contributed by atoms with van der Waals surface area (Å²) in [6, 6.07) is 14.6. The summed E-state index contributed by atoms with van der Waals surface area (Å²) in [5.41, 5.74) is -1.22. The van der Waals surface area contributed by atoms with Crippen LogP contribution < -0.4 is 31.9 Å². The van der Waals surface area contributed by atoms with Gasteiger partial charge in [0.1, 0.15) is 11.4 Å². The van der Waals surface area contributed by atoms with Crippen LogP contribution in [0.1, 0.15) is 62.5 Å². The molecule has 0 bridgehead atoms. The molecule has 0 spiro atoms. The third-order valence-electron chi connectivity index (χ3n) is 8.90. The van der Waals surface area contributed by atoms with Gasteiger partial charge >= 0.3 is 0 Å². The predicted molar refractivity (Wildman–Crippen MR) is 203 cm³/mol. The minimum atomic E-state index is -1.32. The summed E-state index contributed by atoms with van der Waals surface area (Å²) in [4.78, 5) is 70.5. The summed E-state index contributed by atoms with van der Waals surface area (Å²) in [6.07, 6.45) is 2.84. The summed E-state index contributed by atoms with van der Waals surface area (Å²) in [7, 11) is 0. The number of hydrogen-bond acceptors (Lipinski definition) is 12. The molecule has 0 saturated carbocycles. The van der Waals surface area contributed by atoms with Crippen molar-refractivity contribution in [3.05, 3.63) is 72.3 Å². The zero-order chi connectivity index (χ0) is 39.0. The molecule has 54 heavy (non-hydrogen) atoms. The molecule has 4 amide bonds. The molecule has 0 radical (unpaired) electrons. The highest BCUT2D eigenvalue weighted by Crippen LogP contribution is 2.17. The summed E-state index contributed by atoms with van der Waals surface area (Å²) in [6.45, 7) is 11.9. The molecule has 16 heteroatoms. The first-order valence-electron chi connectivity index (χ1n) is 17.9. The lowest BCUT2D eigenvalue weighted by Gasteiger charge is -2.39. The monoisotopic (exact) mass is 742 g/mol. The van der Waals surface area contributed by atoms with E-state index in [1.54, 1.807) is 26.0 Å². The Labute approximate surface area is 314 Å². The number of para-hydroxylation sites is 4. The van der Waals surface area contributed by atoms with Gasteiger partial charge in [-0.2, -0.15) is 0 Å². The predicted octanol–water partition coefficient (Wildman–Crippen LogP) is 1.27. The van der Waals surface area contributed by atoms with E-state index in [-0.39, 0.29) is 75.7 Å². The summed E-state index contributed by atoms with van der Waals surface area (Å²) >= 11 is 0. The maximum Gasteiger partial charge on any atom is 0.271 e. The van der Waals surface area contributed by atoms with Crippen LogP contribution in [0.25, 0.3) is 22.1 Å². The fourth-order valence-corrected chi connectivity index (χ4v) is 5.78. The minimum absolute atomic E-state index is 0.0446. The van der Waals surface area contributed by atoms with E-state index in [9.17, 15) is 19.2 Å². The van der Waals surface area contributed by atoms with Gasteiger partial charge in [-0.3, -0.25) is 29.1 Å². The maximum atomic E-state index is 13.8. The zero-order valence-corrected chi connectivity index (χ0v) is 31.7. The number of benzene rings is 2. The van der Waals surface area contributed by atoms with E-state index in [1.165, 1.54) is 12.4 Å². The summed E-state index contributed by atoms with van der Waals surface area (Å²) in [5, 5.41) is 18.3. The van der Waals surface area contributed by atoms with Crippen LogP contribution in [0.3, 0.4) is 0 Å². The first-order valence-corrected chi connectivity index (χ1v) is 17.9. The second kappa shape index (κ2) is 16.9. The standard InChI is InChI=1S/C38H50N10O6/c1-35(2)21-39-23-38(6,54-18-16-42-32(50)30-20-44-26-12-8-10-14-28(26)46-30)34(52)48-36(3,4)22-40-24-37(5,33(51)47-35)53-17-15-41-31(49)29-19-43-25-11-7-9-13-27(25)45-29/h7-14,19-20,39-40H,15-18,21-24H2,1-6H3,(H,41,49)(H,42,50)(H,47,51)(H,48,52)/t37-,38-/m1/s1. The van der Waals surface area contributed by atoms with Gasteiger partial charge in [-0.15, -0.1) is 0 Å². The molecule has 1 saturated heterocycles. The molecule has 1 aliphatic rings. The van der Waals surface area contributed by atoms with Gasteiger partial charge in [-0.1, -0.05) is 24.3 Å². The Morgan fingerprint density at radius 3 is 1.37 bits per heavy atom. The van der Waals surface area contributed by atoms with E-state index in [2.05, 4.69) is 51.8 Å². The second-order valence-corrected chi connectivity index (χ2v) is 15.0. The number of ether oxygens (including phenoxy) is 2. The minimum Gasteiger partial charge on any atom is -0.362 e. The van der Waals surface area contributed by atoms with Gasteiger partial charge in [0, 0.05) is 50.3 Å². The lowest BCUT2D eigenvalue weighted by atomic mass is 9.97. The molecule has 1 aliphatic heterocycles. The lowest BCUT2D eigenvalue weighted by molar-refractivity contribution is -0.148. The van der Waals surface area contributed by atoms with Gasteiger partial charge in [-0.25, -0.2) is 9.97 Å². The van der Waals surface area contributed by atoms with Gasteiger partial charge in [0.15, 0.2) is 11.2 Å². The van der Waals surface area contributed by atoms with E-state index < -0.39 is 34.1 Å². The van der Waals surface area contributed by atoms with Crippen LogP contribution in [-0.2, 0) is 19.1 Å². The van der Waals surface area contributed by atoms with Crippen LogP contribution in [0, 0.1) is 0 Å². The summed E-state index contributed by atoms with van der Waals surface area (Å²) in [5.74, 6) is -1.51. The number of rotatable bonds is 10. The number of fused-ring (bicyclic) bond motifs is 2. The molecule has 16 nitrogen and oxygen atoms in total. The number of hydrogen-bond donors (Lipinski definition) is 6. The molecular formula is C38H50N10O6. The number of amides is 4. The Kier molecular flexibility index (Phi) is 12.5. The van der Waals surface area contributed by atoms with Gasteiger partial charge in [-0.05, 0) is 65.8 Å². The van der Waals surface area contributed by atoms with Crippen molar-refractivity contribution in [2.75, 3.05) is 52.5 Å². The van der Waals surface area contributed by atoms with Gasteiger partial charge in [0.25, 0.3) is 23.6 Å². The molecule has 2 atom stereocenters. The Balaban J connectivity index is 1.16. The Bertz CT molecular complexity index is 1850. The van der Waals surface area contributed by atoms with E-state index in [0.29, 0.717) is 22.1 Å². The van der Waals surface area contributed by atoms with E-state index in [4.69, 9.17) is 9.47 Å². The molecule has 6 N–H and O–H groups in total. The average Bonchev–Trinajstić information content (AvgIpc) is 3.13. The third kappa shape index (κ3) is 10.5. The molecule has 5 rings (SSSR count). The van der Waals surface area contributed by atoms with Gasteiger partial charge < -0.3 is 41.4 Å². The van der Waals surface area contributed by atoms with E-state index >= 15 is 0 Å². The van der Waals surface area contributed by atoms with Crippen molar-refractivity contribution in [2.45, 2.75) is 63.8 Å². The number of carbonyl (C=O) groups is 4. The molecule has 288 valence electrons. The first-order chi connectivity index (χ1) is 25.6. The van der Waals surface area contributed by atoms with Crippen LogP contribution in [-0.4, -0.2) is 118 Å². The van der Waals surface area contributed by atoms with Gasteiger partial charge in [0.2, 0.25) is 0 Å². The highest BCUT2D eigenvalue weighted by atomic mass is 16.5. The number of aromatic nitrogens is 4. The van der Waals surface area contributed by atoms with Crippen LogP contribution in [0.15, 0.2) is 60.9 Å². The smallest absolute Gasteiger partial charge is 0.271 e. The van der Waals surface area contributed by atoms with Crippen LogP contribution >= 0.6 is 0 Å². The molecule has 2 aromatic carbocycles. The lowest BCUT2D eigenvalue weighted by Crippen LogP contribution is -2.65. The van der Waals surface area contributed by atoms with Gasteiger partial charge in [0.05, 0.1) is 47.7 Å². The first kappa shape index (κ1) is 40.0. The van der Waals surface area contributed by atoms with Crippen molar-refractivity contribution in [1.82, 2.24) is 51.8 Å². The topological polar surface area (TPSA) is 210 Å². The molecular weight excluding hydrogens is 692 g/mol. The van der Waals surface area contributed by atoms with Crippen molar-refractivity contribution < 1.29 is 28.7 Å². The fraction of sp³-hybridized carbons (Fsp3) is 0.474. The third-order valence-corrected chi connectivity index (χ3v) is 8.90. The fourth-order valence-electron chi connectivity index (χ4n) is 5.78. The molecule has 2 aromatic heterocycles. The highest BCUT2D eigenvalue weighted by molar-refractivity contribution is 5.94. The molecule has 0 unspecified atom stereocenters. The van der Waals surface area contributed by atoms with Crippen molar-refractivity contribution >= 4 is 45.7 Å². The SMILES string of the molecule is CC1(C)CNC[C@@](C)(OCCNC(=O)c2cnc3ccccc3n2)C(=O)NC(C)(C)CNC[C@@](C)(OCCNC(=O)c2cnc3ccccc3n2)C(=O)N1. The van der Waals surface area contributed by atoms with E-state index in [1.807, 2.05) is 64.1 Å². The Morgan fingerprint density at radius 1 is 0.611 bits per heavy atom. The van der Waals surface area contributed by atoms with Crippen molar-refractivity contribution in [2.24, 2.45) is 0 Å². The zero-order valence-electron chi connectivity index (χ0n) is 31.7. The quantitative estimate of drug-likeness (QED) is 0.127. The average molecular weight is 743 g/mol. The van der Waals surface area contributed by atoms with Crippen molar-refractivity contribution in [3.63, 3.8) is 0 Å². The maximum absolute atomic E-state index is 13.8. The Morgan fingerprint density at radius 2 is 0.981 bits per heavy atom. The van der Waals surface area contributed by atoms with Crippen molar-refractivity contribution in [1.29, 1.82) is 0 Å². The molecule has 4 aromatic rings. The van der Waals surface area contributed by atoms with Crippen LogP contribution in [0.2, 0.25) is 0 Å².